The Bertz CT molecular complexity index is 1570. The molecule has 0 spiro atoms. The topological polar surface area (TPSA) is 90.9 Å². The van der Waals surface area contributed by atoms with Crippen LogP contribution in [0.2, 0.25) is 0 Å². The fourth-order valence-corrected chi connectivity index (χ4v) is 5.03. The van der Waals surface area contributed by atoms with Crippen molar-refractivity contribution in [1.29, 1.82) is 0 Å². The third-order valence-electron chi connectivity index (χ3n) is 5.45. The summed E-state index contributed by atoms with van der Waals surface area (Å²) in [5.74, 6) is 0.164. The molecule has 0 aliphatic rings. The highest BCUT2D eigenvalue weighted by Gasteiger charge is 2.22. The van der Waals surface area contributed by atoms with E-state index in [9.17, 15) is 14.4 Å². The monoisotopic (exact) mass is 477 g/mol. The van der Waals surface area contributed by atoms with Gasteiger partial charge in [0.05, 0.1) is 0 Å². The number of anilines is 1. The predicted molar refractivity (Wildman–Crippen MR) is 132 cm³/mol. The van der Waals surface area contributed by atoms with Crippen LogP contribution in [0.5, 0.6) is 0 Å². The van der Waals surface area contributed by atoms with Crippen LogP contribution < -0.4 is 16.6 Å². The number of nitrogens with zero attached hydrogens (tertiary/aromatic N) is 4. The van der Waals surface area contributed by atoms with Gasteiger partial charge in [0.25, 0.3) is 5.56 Å². The van der Waals surface area contributed by atoms with Crippen LogP contribution in [0.25, 0.3) is 33.7 Å². The van der Waals surface area contributed by atoms with E-state index < -0.39 is 11.2 Å². The third kappa shape index (κ3) is 3.73. The number of amides is 1. The van der Waals surface area contributed by atoms with Gasteiger partial charge in [-0.05, 0) is 51.5 Å². The summed E-state index contributed by atoms with van der Waals surface area (Å²) in [7, 11) is 2.98. The molecule has 10 heteroatoms. The molecule has 0 aliphatic heterocycles. The first kappa shape index (κ1) is 21.1. The molecular weight excluding hydrogens is 458 g/mol. The Kier molecular flexibility index (Phi) is 5.31. The normalized spacial score (nSPS) is 11.2. The summed E-state index contributed by atoms with van der Waals surface area (Å²) in [6.45, 7) is -0.124. The molecule has 0 aliphatic carbocycles. The van der Waals surface area contributed by atoms with Gasteiger partial charge in [-0.25, -0.2) is 9.78 Å². The Hall–Kier alpha value is -3.76. The summed E-state index contributed by atoms with van der Waals surface area (Å²) in [4.78, 5) is 42.9. The number of fused-ring (bicyclic) bond motifs is 1. The lowest BCUT2D eigenvalue weighted by Gasteiger charge is -2.10. The molecular formula is C23H19N5O3S2. The van der Waals surface area contributed by atoms with Gasteiger partial charge < -0.3 is 9.88 Å². The maximum atomic E-state index is 13.0. The van der Waals surface area contributed by atoms with Crippen LogP contribution in [0.15, 0.2) is 67.5 Å². The molecule has 1 N–H and O–H groups in total. The fraction of sp³-hybridized carbons (Fsp3) is 0.130. The van der Waals surface area contributed by atoms with Crippen molar-refractivity contribution in [3.05, 3.63) is 78.8 Å². The summed E-state index contributed by atoms with van der Waals surface area (Å²) < 4.78 is 3.93. The van der Waals surface area contributed by atoms with E-state index >= 15 is 0 Å². The molecule has 0 radical (unpaired) electrons. The number of hydrogen-bond acceptors (Lipinski definition) is 6. The van der Waals surface area contributed by atoms with Crippen molar-refractivity contribution in [3.63, 3.8) is 0 Å². The summed E-state index contributed by atoms with van der Waals surface area (Å²) in [5, 5.41) is 10.8. The number of carbonyl (C=O) groups excluding carboxylic acids is 1. The number of nitrogens with one attached hydrogen (secondary N) is 1. The van der Waals surface area contributed by atoms with Gasteiger partial charge in [0.1, 0.15) is 12.4 Å². The number of thiophene rings is 2. The van der Waals surface area contributed by atoms with Crippen molar-refractivity contribution in [3.8, 4) is 22.5 Å². The number of carbonyl (C=O) groups is 1. The quantitative estimate of drug-likeness (QED) is 0.419. The lowest BCUT2D eigenvalue weighted by atomic mass is 10.1. The standard InChI is InChI=1S/C23H19N5O3S2/c1-26-21-19(22(30)27(2)23(26)31)28(20(25-21)16-8-10-33-13-16)11-18(29)24-17-5-3-14(4-6-17)15-7-9-32-12-15/h3-10,12-13H,11H2,1-2H3,(H,24,29). The van der Waals surface area contributed by atoms with Gasteiger partial charge in [0, 0.05) is 30.7 Å². The van der Waals surface area contributed by atoms with Gasteiger partial charge in [-0.3, -0.25) is 18.7 Å². The summed E-state index contributed by atoms with van der Waals surface area (Å²) in [5.41, 5.74) is 3.13. The lowest BCUT2D eigenvalue weighted by Crippen LogP contribution is -2.37. The minimum absolute atomic E-state index is 0.124. The minimum Gasteiger partial charge on any atom is -0.325 e. The first-order valence-corrected chi connectivity index (χ1v) is 11.9. The van der Waals surface area contributed by atoms with Crippen LogP contribution in [0.4, 0.5) is 5.69 Å². The van der Waals surface area contributed by atoms with Crippen molar-refractivity contribution in [2.24, 2.45) is 14.1 Å². The summed E-state index contributed by atoms with van der Waals surface area (Å²) in [6.07, 6.45) is 0. The molecule has 4 heterocycles. The molecule has 4 aromatic heterocycles. The molecule has 0 atom stereocenters. The Morgan fingerprint density at radius 3 is 2.21 bits per heavy atom. The summed E-state index contributed by atoms with van der Waals surface area (Å²) >= 11 is 3.11. The van der Waals surface area contributed by atoms with Gasteiger partial charge in [-0.1, -0.05) is 12.1 Å². The second kappa shape index (κ2) is 8.30. The third-order valence-corrected chi connectivity index (χ3v) is 6.82. The zero-order chi connectivity index (χ0) is 23.1. The van der Waals surface area contributed by atoms with Crippen LogP contribution in [0.3, 0.4) is 0 Å². The van der Waals surface area contributed by atoms with Crippen LogP contribution >= 0.6 is 22.7 Å². The van der Waals surface area contributed by atoms with Gasteiger partial charge >= 0.3 is 5.69 Å². The molecule has 33 heavy (non-hydrogen) atoms. The lowest BCUT2D eigenvalue weighted by molar-refractivity contribution is -0.116. The molecule has 0 unspecified atom stereocenters. The van der Waals surface area contributed by atoms with E-state index in [2.05, 4.69) is 15.7 Å². The van der Waals surface area contributed by atoms with E-state index in [0.717, 1.165) is 21.3 Å². The first-order chi connectivity index (χ1) is 15.9. The van der Waals surface area contributed by atoms with Gasteiger partial charge in [0.2, 0.25) is 5.91 Å². The Labute approximate surface area is 196 Å². The molecule has 0 fully saturated rings. The van der Waals surface area contributed by atoms with Gasteiger partial charge in [0.15, 0.2) is 11.2 Å². The Morgan fingerprint density at radius 2 is 1.58 bits per heavy atom. The maximum Gasteiger partial charge on any atom is 0.332 e. The molecule has 5 rings (SSSR count). The second-order valence-corrected chi connectivity index (χ2v) is 9.11. The van der Waals surface area contributed by atoms with Crippen LogP contribution in [-0.4, -0.2) is 24.6 Å². The number of hydrogen-bond donors (Lipinski definition) is 1. The van der Waals surface area contributed by atoms with E-state index in [-0.39, 0.29) is 23.6 Å². The van der Waals surface area contributed by atoms with E-state index in [1.165, 1.54) is 23.0 Å². The van der Waals surface area contributed by atoms with Crippen molar-refractivity contribution >= 4 is 45.4 Å². The first-order valence-electron chi connectivity index (χ1n) is 10.1. The van der Waals surface area contributed by atoms with Gasteiger partial charge in [-0.2, -0.15) is 22.7 Å². The van der Waals surface area contributed by atoms with E-state index in [0.29, 0.717) is 11.5 Å². The molecule has 0 bridgehead atoms. The van der Waals surface area contributed by atoms with Crippen LogP contribution in [-0.2, 0) is 25.4 Å². The number of imidazole rings is 1. The van der Waals surface area contributed by atoms with Crippen LogP contribution in [0.1, 0.15) is 0 Å². The average molecular weight is 478 g/mol. The average Bonchev–Trinajstić information content (AvgIpc) is 3.58. The Morgan fingerprint density at radius 1 is 0.909 bits per heavy atom. The van der Waals surface area contributed by atoms with Gasteiger partial charge in [-0.15, -0.1) is 0 Å². The van der Waals surface area contributed by atoms with E-state index in [1.807, 2.05) is 52.5 Å². The molecule has 0 saturated carbocycles. The van der Waals surface area contributed by atoms with Crippen molar-refractivity contribution in [1.82, 2.24) is 18.7 Å². The number of rotatable bonds is 5. The fourth-order valence-electron chi connectivity index (χ4n) is 3.73. The molecule has 8 nitrogen and oxygen atoms in total. The van der Waals surface area contributed by atoms with Crippen LogP contribution in [0, 0.1) is 0 Å². The minimum atomic E-state index is -0.491. The summed E-state index contributed by atoms with van der Waals surface area (Å²) in [6, 6.07) is 11.5. The zero-order valence-electron chi connectivity index (χ0n) is 17.8. The SMILES string of the molecule is Cn1c(=O)c2c(nc(-c3ccsc3)n2CC(=O)Nc2ccc(-c3ccsc3)cc2)n(C)c1=O. The highest BCUT2D eigenvalue weighted by Crippen LogP contribution is 2.26. The highest BCUT2D eigenvalue weighted by molar-refractivity contribution is 7.08. The highest BCUT2D eigenvalue weighted by atomic mass is 32.1. The van der Waals surface area contributed by atoms with E-state index in [4.69, 9.17) is 0 Å². The molecule has 5 aromatic rings. The molecule has 1 amide bonds. The van der Waals surface area contributed by atoms with Crippen molar-refractivity contribution in [2.75, 3.05) is 5.32 Å². The smallest absolute Gasteiger partial charge is 0.325 e. The number of benzene rings is 1. The number of aromatic nitrogens is 4. The predicted octanol–water partition coefficient (Wildman–Crippen LogP) is 3.53. The second-order valence-electron chi connectivity index (χ2n) is 7.55. The van der Waals surface area contributed by atoms with Crippen molar-refractivity contribution in [2.45, 2.75) is 6.54 Å². The number of aryl methyl sites for hydroxylation is 1. The maximum absolute atomic E-state index is 13.0. The molecule has 0 saturated heterocycles. The van der Waals surface area contributed by atoms with Crippen molar-refractivity contribution < 1.29 is 4.79 Å². The zero-order valence-corrected chi connectivity index (χ0v) is 19.4. The largest absolute Gasteiger partial charge is 0.332 e. The molecule has 1 aromatic carbocycles. The Balaban J connectivity index is 1.51. The molecule has 166 valence electrons. The van der Waals surface area contributed by atoms with E-state index in [1.54, 1.807) is 23.0 Å².